The van der Waals surface area contributed by atoms with E-state index in [0.29, 0.717) is 5.92 Å². The maximum atomic E-state index is 10.9. The molecule has 0 aliphatic carbocycles. The lowest BCUT2D eigenvalue weighted by Crippen LogP contribution is -2.20. The first-order valence-corrected chi connectivity index (χ1v) is 15.2. The van der Waals surface area contributed by atoms with Crippen molar-refractivity contribution in [3.63, 3.8) is 0 Å². The molecule has 0 spiro atoms. The van der Waals surface area contributed by atoms with Crippen LogP contribution in [0, 0.1) is 5.92 Å². The molecule has 0 aliphatic heterocycles. The van der Waals surface area contributed by atoms with Crippen molar-refractivity contribution in [1.82, 2.24) is 0 Å². The van der Waals surface area contributed by atoms with Crippen LogP contribution in [0.3, 0.4) is 0 Å². The molecule has 33 heavy (non-hydrogen) atoms. The Morgan fingerprint density at radius 1 is 0.424 bits per heavy atom. The minimum Gasteiger partial charge on any atom is -0.393 e. The number of hydrogen-bond acceptors (Lipinski definition) is 1. The van der Waals surface area contributed by atoms with E-state index in [9.17, 15) is 5.11 Å². The van der Waals surface area contributed by atoms with Gasteiger partial charge in [-0.3, -0.25) is 0 Å². The SMILES string of the molecule is CCCCC/C=C\CCCC(O)C(CCC/C=C\CCCCC)CCCCCCCCCC. The van der Waals surface area contributed by atoms with Gasteiger partial charge in [0.15, 0.2) is 0 Å². The van der Waals surface area contributed by atoms with E-state index in [-0.39, 0.29) is 6.10 Å². The Hall–Kier alpha value is -0.560. The van der Waals surface area contributed by atoms with Gasteiger partial charge in [0.05, 0.1) is 6.10 Å². The molecule has 1 nitrogen and oxygen atoms in total. The smallest absolute Gasteiger partial charge is 0.0568 e. The highest BCUT2D eigenvalue weighted by atomic mass is 16.3. The lowest BCUT2D eigenvalue weighted by atomic mass is 9.87. The summed E-state index contributed by atoms with van der Waals surface area (Å²) in [6.07, 6.45) is 38.9. The van der Waals surface area contributed by atoms with E-state index in [2.05, 4.69) is 45.1 Å². The van der Waals surface area contributed by atoms with Crippen LogP contribution in [-0.4, -0.2) is 11.2 Å². The maximum Gasteiger partial charge on any atom is 0.0568 e. The topological polar surface area (TPSA) is 20.2 Å². The highest BCUT2D eigenvalue weighted by Crippen LogP contribution is 2.24. The molecule has 0 aromatic carbocycles. The van der Waals surface area contributed by atoms with Gasteiger partial charge in [-0.25, -0.2) is 0 Å². The zero-order valence-corrected chi connectivity index (χ0v) is 23.2. The molecule has 0 rings (SSSR count). The third-order valence-corrected chi connectivity index (χ3v) is 7.07. The standard InChI is InChI=1S/C32H62O/c1-4-7-10-13-16-19-22-25-28-31(29-26-23-20-17-14-11-8-5-2)32(33)30-27-24-21-18-15-12-9-6-3/h16,18-19,21,31-33H,4-15,17,20,22-30H2,1-3H3/b19-16-,21-18-. The van der Waals surface area contributed by atoms with Crippen molar-refractivity contribution in [3.05, 3.63) is 24.3 Å². The Bertz CT molecular complexity index is 411. The fraction of sp³-hybridized carbons (Fsp3) is 0.875. The molecule has 2 atom stereocenters. The zero-order chi connectivity index (χ0) is 24.2. The Morgan fingerprint density at radius 2 is 0.788 bits per heavy atom. The van der Waals surface area contributed by atoms with Crippen molar-refractivity contribution >= 4 is 0 Å². The van der Waals surface area contributed by atoms with E-state index in [0.717, 1.165) is 19.3 Å². The van der Waals surface area contributed by atoms with Crippen molar-refractivity contribution in [1.29, 1.82) is 0 Å². The van der Waals surface area contributed by atoms with Gasteiger partial charge in [0.25, 0.3) is 0 Å². The zero-order valence-electron chi connectivity index (χ0n) is 23.2. The Balaban J connectivity index is 4.17. The molecular formula is C32H62O. The molecule has 0 saturated heterocycles. The first-order valence-electron chi connectivity index (χ1n) is 15.2. The summed E-state index contributed by atoms with van der Waals surface area (Å²) in [7, 11) is 0. The van der Waals surface area contributed by atoms with Crippen molar-refractivity contribution in [2.24, 2.45) is 5.92 Å². The number of allylic oxidation sites excluding steroid dienone is 4. The van der Waals surface area contributed by atoms with Crippen LogP contribution in [0.4, 0.5) is 0 Å². The van der Waals surface area contributed by atoms with Gasteiger partial charge in [-0.2, -0.15) is 0 Å². The van der Waals surface area contributed by atoms with E-state index >= 15 is 0 Å². The second-order valence-electron chi connectivity index (χ2n) is 10.4. The van der Waals surface area contributed by atoms with Crippen molar-refractivity contribution in [2.75, 3.05) is 0 Å². The lowest BCUT2D eigenvalue weighted by Gasteiger charge is -2.23. The average molecular weight is 463 g/mol. The number of unbranched alkanes of at least 4 members (excludes halogenated alkanes) is 15. The molecule has 0 aromatic rings. The van der Waals surface area contributed by atoms with Crippen LogP contribution in [0.2, 0.25) is 0 Å². The van der Waals surface area contributed by atoms with Crippen LogP contribution >= 0.6 is 0 Å². The average Bonchev–Trinajstić information content (AvgIpc) is 2.82. The summed E-state index contributed by atoms with van der Waals surface area (Å²) >= 11 is 0. The second kappa shape index (κ2) is 27.7. The van der Waals surface area contributed by atoms with Gasteiger partial charge < -0.3 is 5.11 Å². The quantitative estimate of drug-likeness (QED) is 0.100. The maximum absolute atomic E-state index is 10.9. The third kappa shape index (κ3) is 24.4. The molecule has 1 N–H and O–H groups in total. The molecule has 196 valence electrons. The fourth-order valence-electron chi connectivity index (χ4n) is 4.74. The van der Waals surface area contributed by atoms with Crippen LogP contribution in [-0.2, 0) is 0 Å². The molecule has 0 amide bonds. The van der Waals surface area contributed by atoms with Gasteiger partial charge in [0.2, 0.25) is 0 Å². The molecule has 0 fully saturated rings. The monoisotopic (exact) mass is 462 g/mol. The minimum absolute atomic E-state index is 0.100. The Morgan fingerprint density at radius 3 is 1.30 bits per heavy atom. The summed E-state index contributed by atoms with van der Waals surface area (Å²) in [5.41, 5.74) is 0. The summed E-state index contributed by atoms with van der Waals surface area (Å²) in [6.45, 7) is 6.82. The summed E-state index contributed by atoms with van der Waals surface area (Å²) in [4.78, 5) is 0. The van der Waals surface area contributed by atoms with Gasteiger partial charge in [0, 0.05) is 0 Å². The number of hydrogen-bond donors (Lipinski definition) is 1. The van der Waals surface area contributed by atoms with Crippen molar-refractivity contribution in [2.45, 2.75) is 175 Å². The summed E-state index contributed by atoms with van der Waals surface area (Å²) in [6, 6.07) is 0. The predicted octanol–water partition coefficient (Wildman–Crippen LogP) is 11.1. The molecular weight excluding hydrogens is 400 g/mol. The van der Waals surface area contributed by atoms with Crippen LogP contribution in [0.1, 0.15) is 168 Å². The largest absolute Gasteiger partial charge is 0.393 e. The van der Waals surface area contributed by atoms with E-state index in [1.165, 1.54) is 128 Å². The number of aliphatic hydroxyl groups excluding tert-OH is 1. The highest BCUT2D eigenvalue weighted by Gasteiger charge is 2.18. The normalized spacial score (nSPS) is 13.9. The summed E-state index contributed by atoms with van der Waals surface area (Å²) < 4.78 is 0. The van der Waals surface area contributed by atoms with Crippen LogP contribution in [0.15, 0.2) is 24.3 Å². The highest BCUT2D eigenvalue weighted by molar-refractivity contribution is 4.83. The van der Waals surface area contributed by atoms with Crippen LogP contribution in [0.5, 0.6) is 0 Å². The van der Waals surface area contributed by atoms with Gasteiger partial charge in [-0.05, 0) is 76.5 Å². The van der Waals surface area contributed by atoms with Gasteiger partial charge in [-0.15, -0.1) is 0 Å². The lowest BCUT2D eigenvalue weighted by molar-refractivity contribution is 0.0845. The molecule has 0 heterocycles. The van der Waals surface area contributed by atoms with E-state index in [1.807, 2.05) is 0 Å². The van der Waals surface area contributed by atoms with Crippen molar-refractivity contribution in [3.8, 4) is 0 Å². The summed E-state index contributed by atoms with van der Waals surface area (Å²) in [5, 5.41) is 10.9. The first kappa shape index (κ1) is 32.4. The molecule has 1 heteroatoms. The summed E-state index contributed by atoms with van der Waals surface area (Å²) in [5.74, 6) is 0.507. The molecule has 2 unspecified atom stereocenters. The van der Waals surface area contributed by atoms with Gasteiger partial charge in [-0.1, -0.05) is 122 Å². The van der Waals surface area contributed by atoms with E-state index in [4.69, 9.17) is 0 Å². The second-order valence-corrected chi connectivity index (χ2v) is 10.4. The predicted molar refractivity (Wildman–Crippen MR) is 151 cm³/mol. The fourth-order valence-corrected chi connectivity index (χ4v) is 4.74. The van der Waals surface area contributed by atoms with Gasteiger partial charge in [0.1, 0.15) is 0 Å². The molecule has 0 saturated carbocycles. The van der Waals surface area contributed by atoms with Crippen molar-refractivity contribution < 1.29 is 5.11 Å². The first-order chi connectivity index (χ1) is 16.3. The third-order valence-electron chi connectivity index (χ3n) is 7.07. The Kier molecular flexibility index (Phi) is 27.2. The Labute approximate surface area is 209 Å². The number of aliphatic hydroxyl groups is 1. The van der Waals surface area contributed by atoms with E-state index < -0.39 is 0 Å². The van der Waals surface area contributed by atoms with E-state index in [1.54, 1.807) is 0 Å². The number of rotatable bonds is 26. The minimum atomic E-state index is -0.100. The van der Waals surface area contributed by atoms with Gasteiger partial charge >= 0.3 is 0 Å². The van der Waals surface area contributed by atoms with Crippen LogP contribution in [0.25, 0.3) is 0 Å². The molecule has 0 aliphatic rings. The molecule has 0 radical (unpaired) electrons. The van der Waals surface area contributed by atoms with Crippen LogP contribution < -0.4 is 0 Å². The molecule has 0 aromatic heterocycles. The molecule has 0 bridgehead atoms.